The van der Waals surface area contributed by atoms with Crippen molar-refractivity contribution in [2.45, 2.75) is 6.54 Å². The molecule has 0 bridgehead atoms. The molecule has 21 heavy (non-hydrogen) atoms. The maximum absolute atomic E-state index is 11.7. The minimum absolute atomic E-state index is 0.0865. The van der Waals surface area contributed by atoms with Crippen LogP contribution in [0.5, 0.6) is 0 Å². The Balaban J connectivity index is 2.05. The van der Waals surface area contributed by atoms with Gasteiger partial charge < -0.3 is 9.73 Å². The van der Waals surface area contributed by atoms with Crippen molar-refractivity contribution in [1.29, 1.82) is 0 Å². The average molecular weight is 289 g/mol. The van der Waals surface area contributed by atoms with Crippen LogP contribution in [0.2, 0.25) is 0 Å². The molecule has 0 aliphatic heterocycles. The molecule has 2 rings (SSSR count). The number of furan rings is 1. The van der Waals surface area contributed by atoms with Crippen molar-refractivity contribution in [1.82, 2.24) is 14.5 Å². The zero-order valence-electron chi connectivity index (χ0n) is 11.7. The van der Waals surface area contributed by atoms with Gasteiger partial charge in [0.25, 0.3) is 5.56 Å². The first kappa shape index (κ1) is 14.6. The summed E-state index contributed by atoms with van der Waals surface area (Å²) in [5.74, 6) is 0.214. The maximum Gasteiger partial charge on any atom is 0.330 e. The molecule has 110 valence electrons. The minimum atomic E-state index is -0.433. The van der Waals surface area contributed by atoms with Crippen LogP contribution >= 0.6 is 0 Å². The monoisotopic (exact) mass is 289 g/mol. The summed E-state index contributed by atoms with van der Waals surface area (Å²) in [6, 6.07) is 4.75. The topological polar surface area (TPSA) is 86.2 Å². The fourth-order valence-corrected chi connectivity index (χ4v) is 1.73. The molecule has 2 aromatic rings. The van der Waals surface area contributed by atoms with Gasteiger partial charge in [-0.25, -0.2) is 4.79 Å². The number of aromatic nitrogens is 2. The molecule has 0 aliphatic rings. The maximum atomic E-state index is 11.7. The Hall–Kier alpha value is -2.83. The minimum Gasteiger partial charge on any atom is -0.465 e. The van der Waals surface area contributed by atoms with Gasteiger partial charge in [-0.15, -0.1) is 0 Å². The van der Waals surface area contributed by atoms with Crippen LogP contribution in [0.3, 0.4) is 0 Å². The molecular weight excluding hydrogens is 274 g/mol. The van der Waals surface area contributed by atoms with Crippen molar-refractivity contribution in [2.24, 2.45) is 14.1 Å². The number of hydrogen-bond donors (Lipinski definition) is 1. The molecule has 0 fully saturated rings. The van der Waals surface area contributed by atoms with E-state index in [0.29, 0.717) is 11.5 Å². The second-order valence-corrected chi connectivity index (χ2v) is 4.44. The molecule has 1 amide bonds. The molecule has 0 saturated carbocycles. The summed E-state index contributed by atoms with van der Waals surface area (Å²) in [4.78, 5) is 34.9. The van der Waals surface area contributed by atoms with Crippen LogP contribution in [-0.2, 0) is 25.4 Å². The molecule has 0 radical (unpaired) electrons. The van der Waals surface area contributed by atoms with Crippen LogP contribution in [0.4, 0.5) is 0 Å². The highest BCUT2D eigenvalue weighted by Crippen LogP contribution is 2.01. The molecule has 0 aromatic carbocycles. The molecule has 7 nitrogen and oxygen atoms in total. The van der Waals surface area contributed by atoms with E-state index < -0.39 is 11.2 Å². The van der Waals surface area contributed by atoms with E-state index in [9.17, 15) is 14.4 Å². The molecule has 0 unspecified atom stereocenters. The molecule has 0 atom stereocenters. The first-order valence-corrected chi connectivity index (χ1v) is 6.24. The van der Waals surface area contributed by atoms with E-state index in [1.165, 1.54) is 36.1 Å². The molecule has 0 spiro atoms. The van der Waals surface area contributed by atoms with Crippen LogP contribution < -0.4 is 16.6 Å². The smallest absolute Gasteiger partial charge is 0.330 e. The van der Waals surface area contributed by atoms with Gasteiger partial charge >= 0.3 is 5.69 Å². The largest absolute Gasteiger partial charge is 0.465 e. The number of amides is 1. The number of carbonyl (C=O) groups excluding carboxylic acids is 1. The fraction of sp³-hybridized carbons (Fsp3) is 0.214. The van der Waals surface area contributed by atoms with Gasteiger partial charge in [-0.2, -0.15) is 0 Å². The third-order valence-corrected chi connectivity index (χ3v) is 3.01. The average Bonchev–Trinajstić information content (AvgIpc) is 2.98. The number of nitrogens with one attached hydrogen (secondary N) is 1. The van der Waals surface area contributed by atoms with Crippen molar-refractivity contribution >= 4 is 12.0 Å². The zero-order chi connectivity index (χ0) is 15.4. The highest BCUT2D eigenvalue weighted by atomic mass is 16.3. The Morgan fingerprint density at radius 2 is 2.10 bits per heavy atom. The zero-order valence-corrected chi connectivity index (χ0v) is 11.7. The van der Waals surface area contributed by atoms with Crippen molar-refractivity contribution in [2.75, 3.05) is 0 Å². The summed E-state index contributed by atoms with van der Waals surface area (Å²) >= 11 is 0. The number of rotatable bonds is 4. The molecule has 2 heterocycles. The molecule has 1 N–H and O–H groups in total. The van der Waals surface area contributed by atoms with Crippen LogP contribution in [0.15, 0.2) is 44.5 Å². The van der Waals surface area contributed by atoms with E-state index in [1.807, 2.05) is 0 Å². The summed E-state index contributed by atoms with van der Waals surface area (Å²) in [6.45, 7) is 0.0865. The predicted molar refractivity (Wildman–Crippen MR) is 76.5 cm³/mol. The van der Waals surface area contributed by atoms with Gasteiger partial charge in [0.05, 0.1) is 12.8 Å². The van der Waals surface area contributed by atoms with Gasteiger partial charge in [-0.3, -0.25) is 18.7 Å². The molecular formula is C14H15N3O4. The second-order valence-electron chi connectivity index (χ2n) is 4.44. The van der Waals surface area contributed by atoms with Gasteiger partial charge in [0, 0.05) is 31.9 Å². The normalized spacial score (nSPS) is 11.0. The van der Waals surface area contributed by atoms with E-state index >= 15 is 0 Å². The van der Waals surface area contributed by atoms with Crippen LogP contribution in [-0.4, -0.2) is 15.0 Å². The Morgan fingerprint density at radius 1 is 1.33 bits per heavy atom. The molecule has 0 aliphatic carbocycles. The lowest BCUT2D eigenvalue weighted by Crippen LogP contribution is -2.39. The lowest BCUT2D eigenvalue weighted by molar-refractivity contribution is -0.116. The van der Waals surface area contributed by atoms with E-state index in [-0.39, 0.29) is 12.5 Å². The standard InChI is InChI=1S/C14H15N3O4/c1-16-10(8-13(19)17(2)14(16)20)9-15-12(18)6-5-11-4-3-7-21-11/h3-8H,9H2,1-2H3,(H,15,18). The van der Waals surface area contributed by atoms with Crippen molar-refractivity contribution in [3.63, 3.8) is 0 Å². The Kier molecular flexibility index (Phi) is 4.22. The Labute approximate surface area is 120 Å². The van der Waals surface area contributed by atoms with Gasteiger partial charge in [0.15, 0.2) is 0 Å². The summed E-state index contributed by atoms with van der Waals surface area (Å²) < 4.78 is 7.37. The molecule has 7 heteroatoms. The second kappa shape index (κ2) is 6.08. The third-order valence-electron chi connectivity index (χ3n) is 3.01. The van der Waals surface area contributed by atoms with E-state index in [2.05, 4.69) is 5.32 Å². The van der Waals surface area contributed by atoms with E-state index in [1.54, 1.807) is 19.2 Å². The van der Waals surface area contributed by atoms with Gasteiger partial charge in [-0.1, -0.05) is 0 Å². The number of nitrogens with zero attached hydrogens (tertiary/aromatic N) is 2. The summed E-state index contributed by atoms with van der Waals surface area (Å²) in [7, 11) is 2.95. The van der Waals surface area contributed by atoms with Gasteiger partial charge in [0.1, 0.15) is 5.76 Å². The summed E-state index contributed by atoms with van der Waals surface area (Å²) in [5, 5.41) is 2.60. The SMILES string of the molecule is Cn1c(CNC(=O)C=Cc2ccco2)cc(=O)n(C)c1=O. The molecule has 0 saturated heterocycles. The Morgan fingerprint density at radius 3 is 2.76 bits per heavy atom. The van der Waals surface area contributed by atoms with E-state index in [0.717, 1.165) is 4.57 Å². The predicted octanol–water partition coefficient (Wildman–Crippen LogP) is 0.00660. The lowest BCUT2D eigenvalue weighted by Gasteiger charge is -2.09. The van der Waals surface area contributed by atoms with Crippen LogP contribution in [0.1, 0.15) is 11.5 Å². The Bertz CT molecular complexity index is 782. The van der Waals surface area contributed by atoms with Crippen LogP contribution in [0, 0.1) is 0 Å². The highest BCUT2D eigenvalue weighted by molar-refractivity contribution is 5.91. The first-order chi connectivity index (χ1) is 9.99. The van der Waals surface area contributed by atoms with Crippen molar-refractivity contribution < 1.29 is 9.21 Å². The highest BCUT2D eigenvalue weighted by Gasteiger charge is 2.06. The third kappa shape index (κ3) is 3.38. The van der Waals surface area contributed by atoms with Gasteiger partial charge in [0.2, 0.25) is 5.91 Å². The number of hydrogen-bond acceptors (Lipinski definition) is 4. The first-order valence-electron chi connectivity index (χ1n) is 6.24. The quantitative estimate of drug-likeness (QED) is 0.803. The fourth-order valence-electron chi connectivity index (χ4n) is 1.73. The molecule has 2 aromatic heterocycles. The van der Waals surface area contributed by atoms with Crippen molar-refractivity contribution in [3.8, 4) is 0 Å². The summed E-state index contributed by atoms with van der Waals surface area (Å²) in [6.07, 6.45) is 4.35. The van der Waals surface area contributed by atoms with E-state index in [4.69, 9.17) is 4.42 Å². The van der Waals surface area contributed by atoms with Crippen molar-refractivity contribution in [3.05, 3.63) is 62.8 Å². The number of carbonyl (C=O) groups is 1. The lowest BCUT2D eigenvalue weighted by atomic mass is 10.3. The van der Waals surface area contributed by atoms with Crippen LogP contribution in [0.25, 0.3) is 6.08 Å². The summed E-state index contributed by atoms with van der Waals surface area (Å²) in [5.41, 5.74) is -0.408. The van der Waals surface area contributed by atoms with Gasteiger partial charge in [-0.05, 0) is 18.2 Å².